The zero-order chi connectivity index (χ0) is 8.97. The largest absolute Gasteiger partial charge is 0.368 e. The fourth-order valence-corrected chi connectivity index (χ4v) is 1.22. The number of nitrogens with two attached hydrogens (primary N) is 1. The van der Waals surface area contributed by atoms with Crippen molar-refractivity contribution in [1.29, 1.82) is 0 Å². The third-order valence-corrected chi connectivity index (χ3v) is 2.16. The van der Waals surface area contributed by atoms with Crippen LogP contribution < -0.4 is 11.1 Å². The molecule has 0 bridgehead atoms. The first kappa shape index (κ1) is 9.03. The van der Waals surface area contributed by atoms with E-state index < -0.39 is 5.91 Å². The SMILES string of the molecule is NC(=O)CNC(=O)CC1CCC1. The predicted octanol–water partition coefficient (Wildman–Crippen LogP) is -0.222. The number of hydrogen-bond donors (Lipinski definition) is 2. The number of hydrogen-bond acceptors (Lipinski definition) is 2. The van der Waals surface area contributed by atoms with Crippen molar-refractivity contribution in [1.82, 2.24) is 5.32 Å². The maximum Gasteiger partial charge on any atom is 0.236 e. The van der Waals surface area contributed by atoms with E-state index in [4.69, 9.17) is 5.73 Å². The molecule has 0 aliphatic heterocycles. The molecular formula is C8H14N2O2. The van der Waals surface area contributed by atoms with E-state index in [2.05, 4.69) is 5.32 Å². The van der Waals surface area contributed by atoms with E-state index in [1.54, 1.807) is 0 Å². The van der Waals surface area contributed by atoms with Crippen molar-refractivity contribution in [2.75, 3.05) is 6.54 Å². The molecule has 1 rings (SSSR count). The van der Waals surface area contributed by atoms with E-state index in [9.17, 15) is 9.59 Å². The van der Waals surface area contributed by atoms with Gasteiger partial charge < -0.3 is 11.1 Å². The van der Waals surface area contributed by atoms with Gasteiger partial charge in [-0.1, -0.05) is 6.42 Å². The van der Waals surface area contributed by atoms with Crippen LogP contribution in [0.4, 0.5) is 0 Å². The van der Waals surface area contributed by atoms with Crippen LogP contribution in [-0.2, 0) is 9.59 Å². The van der Waals surface area contributed by atoms with Gasteiger partial charge in [-0.05, 0) is 18.8 Å². The second-order valence-corrected chi connectivity index (χ2v) is 3.24. The van der Waals surface area contributed by atoms with Crippen molar-refractivity contribution in [2.24, 2.45) is 11.7 Å². The average molecular weight is 170 g/mol. The third-order valence-electron chi connectivity index (χ3n) is 2.16. The van der Waals surface area contributed by atoms with Gasteiger partial charge in [0, 0.05) is 6.42 Å². The molecule has 0 atom stereocenters. The topological polar surface area (TPSA) is 72.2 Å². The number of amides is 2. The predicted molar refractivity (Wildman–Crippen MR) is 44.2 cm³/mol. The first-order valence-electron chi connectivity index (χ1n) is 4.23. The molecule has 2 amide bonds. The highest BCUT2D eigenvalue weighted by Crippen LogP contribution is 2.28. The molecule has 0 aromatic carbocycles. The number of carbonyl (C=O) groups is 2. The lowest BCUT2D eigenvalue weighted by atomic mass is 9.83. The molecule has 4 heteroatoms. The Balaban J connectivity index is 2.06. The zero-order valence-corrected chi connectivity index (χ0v) is 7.01. The number of carbonyl (C=O) groups excluding carboxylic acids is 2. The minimum atomic E-state index is -0.489. The van der Waals surface area contributed by atoms with Gasteiger partial charge in [-0.3, -0.25) is 9.59 Å². The van der Waals surface area contributed by atoms with Crippen molar-refractivity contribution in [3.63, 3.8) is 0 Å². The summed E-state index contributed by atoms with van der Waals surface area (Å²) >= 11 is 0. The van der Waals surface area contributed by atoms with Crippen LogP contribution >= 0.6 is 0 Å². The zero-order valence-electron chi connectivity index (χ0n) is 7.01. The molecule has 1 saturated carbocycles. The summed E-state index contributed by atoms with van der Waals surface area (Å²) in [4.78, 5) is 21.3. The molecule has 1 aliphatic carbocycles. The Bertz CT molecular complexity index is 187. The second kappa shape index (κ2) is 4.09. The number of primary amides is 1. The molecule has 4 nitrogen and oxygen atoms in total. The summed E-state index contributed by atoms with van der Waals surface area (Å²) in [7, 11) is 0. The first-order valence-corrected chi connectivity index (χ1v) is 4.23. The van der Waals surface area contributed by atoms with Crippen LogP contribution in [0, 0.1) is 5.92 Å². The quantitative estimate of drug-likeness (QED) is 0.612. The fourth-order valence-electron chi connectivity index (χ4n) is 1.22. The molecular weight excluding hydrogens is 156 g/mol. The Morgan fingerprint density at radius 2 is 2.08 bits per heavy atom. The first-order chi connectivity index (χ1) is 5.68. The van der Waals surface area contributed by atoms with Gasteiger partial charge in [0.1, 0.15) is 0 Å². The van der Waals surface area contributed by atoms with Gasteiger partial charge >= 0.3 is 0 Å². The van der Waals surface area contributed by atoms with Gasteiger partial charge in [0.25, 0.3) is 0 Å². The van der Waals surface area contributed by atoms with Crippen LogP contribution in [0.2, 0.25) is 0 Å². The highest BCUT2D eigenvalue weighted by molar-refractivity contribution is 5.83. The van der Waals surface area contributed by atoms with Gasteiger partial charge in [-0.15, -0.1) is 0 Å². The summed E-state index contributed by atoms with van der Waals surface area (Å²) in [6.45, 7) is -0.0362. The Morgan fingerprint density at radius 3 is 2.50 bits per heavy atom. The molecule has 3 N–H and O–H groups in total. The normalized spacial score (nSPS) is 16.7. The van der Waals surface area contributed by atoms with Gasteiger partial charge in [0.2, 0.25) is 11.8 Å². The van der Waals surface area contributed by atoms with Crippen LogP contribution in [-0.4, -0.2) is 18.4 Å². The monoisotopic (exact) mass is 170 g/mol. The van der Waals surface area contributed by atoms with E-state index in [0.717, 1.165) is 12.8 Å². The van der Waals surface area contributed by atoms with E-state index in [1.807, 2.05) is 0 Å². The lowest BCUT2D eigenvalue weighted by molar-refractivity contribution is -0.125. The van der Waals surface area contributed by atoms with Gasteiger partial charge in [-0.25, -0.2) is 0 Å². The Morgan fingerprint density at radius 1 is 1.42 bits per heavy atom. The summed E-state index contributed by atoms with van der Waals surface area (Å²) < 4.78 is 0. The highest BCUT2D eigenvalue weighted by atomic mass is 16.2. The minimum Gasteiger partial charge on any atom is -0.368 e. The van der Waals surface area contributed by atoms with Gasteiger partial charge in [0.05, 0.1) is 6.54 Å². The van der Waals surface area contributed by atoms with Crippen molar-refractivity contribution < 1.29 is 9.59 Å². The van der Waals surface area contributed by atoms with Crippen molar-refractivity contribution in [2.45, 2.75) is 25.7 Å². The average Bonchev–Trinajstić information content (AvgIpc) is 1.93. The lowest BCUT2D eigenvalue weighted by Gasteiger charge is -2.24. The summed E-state index contributed by atoms with van der Waals surface area (Å²) in [5, 5.41) is 2.47. The Hall–Kier alpha value is -1.06. The molecule has 68 valence electrons. The minimum absolute atomic E-state index is 0.0362. The maximum atomic E-state index is 11.0. The smallest absolute Gasteiger partial charge is 0.236 e. The highest BCUT2D eigenvalue weighted by Gasteiger charge is 2.20. The van der Waals surface area contributed by atoms with E-state index >= 15 is 0 Å². The standard InChI is InChI=1S/C8H14N2O2/c9-7(11)5-10-8(12)4-6-2-1-3-6/h6H,1-5H2,(H2,9,11)(H,10,12). The molecule has 0 unspecified atom stereocenters. The van der Waals surface area contributed by atoms with Crippen molar-refractivity contribution in [3.8, 4) is 0 Å². The van der Waals surface area contributed by atoms with Crippen LogP contribution in [0.15, 0.2) is 0 Å². The number of rotatable bonds is 4. The van der Waals surface area contributed by atoms with E-state index in [0.29, 0.717) is 12.3 Å². The summed E-state index contributed by atoms with van der Waals surface area (Å²) in [6.07, 6.45) is 4.06. The Labute approximate surface area is 71.5 Å². The van der Waals surface area contributed by atoms with Crippen LogP contribution in [0.25, 0.3) is 0 Å². The third kappa shape index (κ3) is 2.90. The summed E-state index contributed by atoms with van der Waals surface area (Å²) in [5.74, 6) is -0.00617. The summed E-state index contributed by atoms with van der Waals surface area (Å²) in [6, 6.07) is 0. The molecule has 0 radical (unpaired) electrons. The lowest BCUT2D eigenvalue weighted by Crippen LogP contribution is -2.34. The molecule has 12 heavy (non-hydrogen) atoms. The van der Waals surface area contributed by atoms with Crippen molar-refractivity contribution >= 4 is 11.8 Å². The summed E-state index contributed by atoms with van der Waals surface area (Å²) in [5.41, 5.74) is 4.86. The molecule has 0 aromatic heterocycles. The number of nitrogens with one attached hydrogen (secondary N) is 1. The molecule has 0 heterocycles. The molecule has 0 spiro atoms. The van der Waals surface area contributed by atoms with E-state index in [1.165, 1.54) is 6.42 Å². The van der Waals surface area contributed by atoms with E-state index in [-0.39, 0.29) is 12.5 Å². The van der Waals surface area contributed by atoms with Gasteiger partial charge in [0.15, 0.2) is 0 Å². The molecule has 1 fully saturated rings. The molecule has 0 saturated heterocycles. The van der Waals surface area contributed by atoms with Crippen molar-refractivity contribution in [3.05, 3.63) is 0 Å². The Kier molecular flexibility index (Phi) is 3.08. The maximum absolute atomic E-state index is 11.0. The van der Waals surface area contributed by atoms with Gasteiger partial charge in [-0.2, -0.15) is 0 Å². The van der Waals surface area contributed by atoms with Crippen LogP contribution in [0.1, 0.15) is 25.7 Å². The van der Waals surface area contributed by atoms with Crippen LogP contribution in [0.3, 0.4) is 0 Å². The van der Waals surface area contributed by atoms with Crippen LogP contribution in [0.5, 0.6) is 0 Å². The molecule has 0 aromatic rings. The molecule has 1 aliphatic rings. The second-order valence-electron chi connectivity index (χ2n) is 3.24. The fraction of sp³-hybridized carbons (Fsp3) is 0.750.